The van der Waals surface area contributed by atoms with Crippen molar-refractivity contribution in [3.05, 3.63) is 39.4 Å². The number of hydrogen-bond donors (Lipinski definition) is 3. The van der Waals surface area contributed by atoms with E-state index in [4.69, 9.17) is 28.4 Å². The Morgan fingerprint density at radius 3 is 2.47 bits per heavy atom. The Morgan fingerprint density at radius 2 is 1.82 bits per heavy atom. The second-order valence-electron chi connectivity index (χ2n) is 14.4. The van der Waals surface area contributed by atoms with E-state index in [0.29, 0.717) is 52.5 Å². The molecule has 2 aromatic rings. The number of carbonyl (C=O) groups excluding carboxylic acids is 2. The maximum absolute atomic E-state index is 13.5. The number of methoxy groups -OCH3 is 2. The van der Waals surface area contributed by atoms with Crippen molar-refractivity contribution in [2.45, 2.75) is 96.2 Å². The number of alkyl carbamates (subject to hydrolysis) is 1. The Kier molecular flexibility index (Phi) is 11.6. The Labute approximate surface area is 334 Å². The molecule has 1 unspecified atom stereocenters. The second-order valence-corrected chi connectivity index (χ2v) is 14.4. The number of rotatable bonds is 8. The van der Waals surface area contributed by atoms with Crippen molar-refractivity contribution >= 4 is 12.0 Å². The molecule has 273 valence electrons. The first-order valence-electron chi connectivity index (χ1n) is 16.8. The van der Waals surface area contributed by atoms with E-state index < -0.39 is 35.7 Å². The van der Waals surface area contributed by atoms with Gasteiger partial charge in [-0.05, 0) is 72.6 Å². The quantitative estimate of drug-likeness (QED) is 0.331. The number of aryl methyl sites for hydroxylation is 1. The number of amides is 2. The van der Waals surface area contributed by atoms with Crippen LogP contribution < -0.4 is 29.6 Å². The van der Waals surface area contributed by atoms with Gasteiger partial charge in [0.2, 0.25) is 12.7 Å². The standard InChI is InChI=1S/C36H47N5O9.Ac/c1-17-10-20-11-22-24(13-37)41-23(28(40(22)7)26(20)32(30(17)46-9)47-15-45-8)12-21-27(33-31(48-16-49-33)18(2)29(21)42)25(41)14-38-34(43)19(3)39-35(44)50-36(4,5)6;/h10,19,22-25,28,42H,11-12,14-16H2,1-9H3,(H,38,43)(H,39,44);/t19-,22-,23?,24-,25-,28-;/m0./s1. The van der Waals surface area contributed by atoms with E-state index in [9.17, 15) is 20.0 Å². The molecule has 0 saturated carbocycles. The van der Waals surface area contributed by atoms with Gasteiger partial charge in [0, 0.05) is 92.1 Å². The van der Waals surface area contributed by atoms with Crippen molar-refractivity contribution in [3.63, 3.8) is 0 Å². The summed E-state index contributed by atoms with van der Waals surface area (Å²) in [6, 6.07) is 1.73. The molecule has 1 saturated heterocycles. The van der Waals surface area contributed by atoms with Crippen LogP contribution in [-0.2, 0) is 27.1 Å². The summed E-state index contributed by atoms with van der Waals surface area (Å²) in [4.78, 5) is 30.4. The molecule has 0 aliphatic carbocycles. The second kappa shape index (κ2) is 15.2. The molecule has 3 N–H and O–H groups in total. The Hall–Kier alpha value is -3.01. The van der Waals surface area contributed by atoms with E-state index in [-0.39, 0.29) is 88.1 Å². The zero-order valence-corrected chi connectivity index (χ0v) is 35.5. The fraction of sp³-hybridized carbons (Fsp3) is 0.583. The van der Waals surface area contributed by atoms with Crippen LogP contribution in [0.1, 0.15) is 73.2 Å². The number of hydrogen-bond acceptors (Lipinski definition) is 12. The summed E-state index contributed by atoms with van der Waals surface area (Å²) in [5, 5.41) is 28.2. The largest absolute Gasteiger partial charge is 0.507 e. The number of ether oxygens (including phenoxy) is 6. The molecule has 51 heavy (non-hydrogen) atoms. The number of fused-ring (bicyclic) bond motifs is 9. The number of benzene rings is 2. The smallest absolute Gasteiger partial charge is 0.408 e. The molecule has 0 spiro atoms. The van der Waals surface area contributed by atoms with Crippen LogP contribution in [0.2, 0.25) is 0 Å². The van der Waals surface area contributed by atoms with Crippen LogP contribution in [0.15, 0.2) is 6.07 Å². The summed E-state index contributed by atoms with van der Waals surface area (Å²) in [5.74, 6) is 1.78. The molecule has 2 aromatic carbocycles. The molecule has 6 rings (SSSR count). The van der Waals surface area contributed by atoms with Crippen LogP contribution in [0, 0.1) is 69.2 Å². The summed E-state index contributed by atoms with van der Waals surface area (Å²) < 4.78 is 34.7. The van der Waals surface area contributed by atoms with Gasteiger partial charge >= 0.3 is 6.09 Å². The van der Waals surface area contributed by atoms with E-state index in [1.54, 1.807) is 48.8 Å². The number of nitrogens with one attached hydrogen (secondary N) is 2. The zero-order valence-electron chi connectivity index (χ0n) is 30.7. The van der Waals surface area contributed by atoms with Crippen LogP contribution in [0.3, 0.4) is 0 Å². The minimum Gasteiger partial charge on any atom is -0.507 e. The van der Waals surface area contributed by atoms with Gasteiger partial charge in [-0.3, -0.25) is 14.6 Å². The molecule has 4 heterocycles. The van der Waals surface area contributed by atoms with E-state index in [2.05, 4.69) is 32.6 Å². The molecule has 2 bridgehead atoms. The van der Waals surface area contributed by atoms with Gasteiger partial charge in [0.1, 0.15) is 23.4 Å². The van der Waals surface area contributed by atoms with E-state index in [1.165, 1.54) is 0 Å². The Morgan fingerprint density at radius 1 is 1.12 bits per heavy atom. The third kappa shape index (κ3) is 6.95. The normalized spacial score (nSPS) is 23.7. The fourth-order valence-corrected chi connectivity index (χ4v) is 8.18. The SMILES string of the molecule is COCOc1c(OC)c(C)cc2c1[C@@H]1C3Cc4c(O)c(C)c5c(c4[C@H](CNC(=O)[C@H](C)NC(=O)OC(C)(C)C)N3[C@@H](C#N)[C@H](C2)N1C)OCO5.[Ac]. The average molecular weight is 921 g/mol. The van der Waals surface area contributed by atoms with Gasteiger partial charge in [-0.2, -0.15) is 5.26 Å². The summed E-state index contributed by atoms with van der Waals surface area (Å²) in [7, 11) is 5.20. The maximum Gasteiger partial charge on any atom is 0.408 e. The van der Waals surface area contributed by atoms with Gasteiger partial charge in [0.05, 0.1) is 25.3 Å². The van der Waals surface area contributed by atoms with Crippen molar-refractivity contribution in [1.82, 2.24) is 20.4 Å². The maximum atomic E-state index is 13.5. The number of aromatic hydroxyl groups is 1. The minimum atomic E-state index is -0.915. The first-order chi connectivity index (χ1) is 23.7. The molecule has 2 amide bonds. The van der Waals surface area contributed by atoms with E-state index in [1.807, 2.05) is 14.0 Å². The van der Waals surface area contributed by atoms with Crippen LogP contribution in [-0.4, -0.2) is 98.1 Å². The Bertz CT molecular complexity index is 1740. The molecule has 1 radical (unpaired) electrons. The fourth-order valence-electron chi connectivity index (χ4n) is 8.18. The van der Waals surface area contributed by atoms with Crippen molar-refractivity contribution < 1.29 is 87.2 Å². The molecular weight excluding hydrogens is 873 g/mol. The van der Waals surface area contributed by atoms with Gasteiger partial charge in [0.15, 0.2) is 29.8 Å². The van der Waals surface area contributed by atoms with Crippen molar-refractivity contribution in [3.8, 4) is 34.8 Å². The number of nitriles is 1. The minimum absolute atomic E-state index is 0. The first-order valence-corrected chi connectivity index (χ1v) is 16.8. The van der Waals surface area contributed by atoms with Crippen LogP contribution >= 0.6 is 0 Å². The first kappa shape index (κ1) is 39.2. The van der Waals surface area contributed by atoms with Gasteiger partial charge < -0.3 is 44.2 Å². The van der Waals surface area contributed by atoms with Gasteiger partial charge in [-0.1, -0.05) is 6.07 Å². The number of piperazine rings is 1. The number of nitrogens with zero attached hydrogens (tertiary/aromatic N) is 3. The number of carbonyl (C=O) groups is 2. The molecule has 6 atom stereocenters. The average Bonchev–Trinajstić information content (AvgIpc) is 3.54. The molecule has 15 heteroatoms. The molecule has 1 fully saturated rings. The molecule has 14 nitrogen and oxygen atoms in total. The third-order valence-electron chi connectivity index (χ3n) is 10.2. The van der Waals surface area contributed by atoms with Crippen molar-refractivity contribution in [2.24, 2.45) is 0 Å². The van der Waals surface area contributed by atoms with E-state index >= 15 is 0 Å². The van der Waals surface area contributed by atoms with Gasteiger partial charge in [-0.25, -0.2) is 4.79 Å². The molecular formula is C36H47AcN5O9. The predicted octanol–water partition coefficient (Wildman–Crippen LogP) is 3.53. The number of likely N-dealkylation sites (N-methyl/N-ethyl adjacent to an activating group) is 1. The van der Waals surface area contributed by atoms with Crippen LogP contribution in [0.25, 0.3) is 0 Å². The number of phenolic OH excluding ortho intramolecular Hbond substituents is 1. The van der Waals surface area contributed by atoms with Gasteiger partial charge in [0.25, 0.3) is 0 Å². The topological polar surface area (TPSA) is 164 Å². The monoisotopic (exact) mass is 920 g/mol. The van der Waals surface area contributed by atoms with Crippen molar-refractivity contribution in [1.29, 1.82) is 5.26 Å². The predicted molar refractivity (Wildman–Crippen MR) is 181 cm³/mol. The Balaban J connectivity index is 0.00000504. The molecule has 0 aromatic heterocycles. The molecule has 4 aliphatic rings. The van der Waals surface area contributed by atoms with E-state index in [0.717, 1.165) is 16.7 Å². The van der Waals surface area contributed by atoms with Crippen molar-refractivity contribution in [2.75, 3.05) is 41.4 Å². The van der Waals surface area contributed by atoms with Crippen LogP contribution in [0.4, 0.5) is 4.79 Å². The summed E-state index contributed by atoms with van der Waals surface area (Å²) in [5.41, 5.74) is 4.08. The summed E-state index contributed by atoms with van der Waals surface area (Å²) in [6.07, 6.45) is 0.232. The van der Waals surface area contributed by atoms with Gasteiger partial charge in [-0.15, -0.1) is 0 Å². The van der Waals surface area contributed by atoms with Crippen LogP contribution in [0.5, 0.6) is 28.7 Å². The summed E-state index contributed by atoms with van der Waals surface area (Å²) >= 11 is 0. The number of phenols is 1. The molecule has 4 aliphatic heterocycles. The summed E-state index contributed by atoms with van der Waals surface area (Å²) in [6.45, 7) is 10.6. The third-order valence-corrected chi connectivity index (χ3v) is 10.2. The zero-order chi connectivity index (χ0) is 36.2.